The second-order valence-electron chi connectivity index (χ2n) is 6.04. The van der Waals surface area contributed by atoms with Gasteiger partial charge in [-0.25, -0.2) is 9.37 Å². The lowest BCUT2D eigenvalue weighted by Crippen LogP contribution is -2.35. The van der Waals surface area contributed by atoms with Crippen molar-refractivity contribution in [3.8, 4) is 5.75 Å². The predicted molar refractivity (Wildman–Crippen MR) is 84.2 cm³/mol. The Morgan fingerprint density at radius 3 is 2.76 bits per heavy atom. The van der Waals surface area contributed by atoms with Gasteiger partial charge in [0.05, 0.1) is 5.69 Å². The Balaban J connectivity index is 1.89. The van der Waals surface area contributed by atoms with Crippen LogP contribution in [0.25, 0.3) is 0 Å². The Bertz CT molecular complexity index is 605. The van der Waals surface area contributed by atoms with Crippen molar-refractivity contribution in [3.05, 3.63) is 45.7 Å². The number of benzene rings is 1. The number of hydrogen-bond acceptors (Lipinski definition) is 4. The lowest BCUT2D eigenvalue weighted by Gasteiger charge is -2.19. The first kappa shape index (κ1) is 15.9. The third kappa shape index (κ3) is 5.10. The molecule has 0 atom stereocenters. The number of thiazole rings is 1. The quantitative estimate of drug-likeness (QED) is 0.904. The maximum absolute atomic E-state index is 13.2. The van der Waals surface area contributed by atoms with E-state index in [1.165, 1.54) is 6.07 Å². The van der Waals surface area contributed by atoms with Gasteiger partial charge in [-0.05, 0) is 51.5 Å². The van der Waals surface area contributed by atoms with Gasteiger partial charge in [-0.1, -0.05) is 0 Å². The van der Waals surface area contributed by atoms with Gasteiger partial charge in [0.25, 0.3) is 0 Å². The first-order chi connectivity index (χ1) is 9.83. The molecule has 0 aliphatic rings. The molecule has 0 aliphatic carbocycles. The highest BCUT2D eigenvalue weighted by atomic mass is 32.1. The summed E-state index contributed by atoms with van der Waals surface area (Å²) in [5, 5.41) is 6.44. The van der Waals surface area contributed by atoms with E-state index in [4.69, 9.17) is 4.74 Å². The molecule has 0 radical (unpaired) electrons. The van der Waals surface area contributed by atoms with E-state index in [1.807, 2.05) is 5.38 Å². The summed E-state index contributed by atoms with van der Waals surface area (Å²) in [4.78, 5) is 4.53. The Hall–Kier alpha value is -1.46. The van der Waals surface area contributed by atoms with Gasteiger partial charge in [-0.15, -0.1) is 11.3 Å². The molecule has 0 spiro atoms. The Kier molecular flexibility index (Phi) is 4.96. The molecule has 1 aromatic heterocycles. The van der Waals surface area contributed by atoms with Crippen LogP contribution in [-0.2, 0) is 13.2 Å². The van der Waals surface area contributed by atoms with E-state index < -0.39 is 0 Å². The fourth-order valence-corrected chi connectivity index (χ4v) is 2.42. The topological polar surface area (TPSA) is 34.1 Å². The first-order valence-electron chi connectivity index (χ1n) is 6.91. The molecule has 2 aromatic rings. The van der Waals surface area contributed by atoms with Crippen LogP contribution < -0.4 is 10.1 Å². The number of aryl methyl sites for hydroxylation is 1. The van der Waals surface area contributed by atoms with Crippen molar-refractivity contribution in [2.75, 3.05) is 0 Å². The van der Waals surface area contributed by atoms with Gasteiger partial charge in [-0.2, -0.15) is 0 Å². The average molecular weight is 308 g/mol. The monoisotopic (exact) mass is 308 g/mol. The smallest absolute Gasteiger partial charge is 0.131 e. The maximum atomic E-state index is 13.2. The highest BCUT2D eigenvalue weighted by Gasteiger charge is 2.10. The summed E-state index contributed by atoms with van der Waals surface area (Å²) in [6.07, 6.45) is 0. The summed E-state index contributed by atoms with van der Waals surface area (Å²) >= 11 is 1.62. The van der Waals surface area contributed by atoms with E-state index in [1.54, 1.807) is 30.4 Å². The van der Waals surface area contributed by atoms with Gasteiger partial charge < -0.3 is 10.1 Å². The number of nitrogens with one attached hydrogen (secondary N) is 1. The minimum Gasteiger partial charge on any atom is -0.487 e. The number of nitrogens with zero attached hydrogens (tertiary/aromatic N) is 1. The molecule has 0 unspecified atom stereocenters. The standard InChI is InChI=1S/C16H21FN2OS/c1-11-7-13(5-6-14(11)17)20-9-12-10-21-15(19-12)8-18-16(2,3)4/h5-7,10,18H,8-9H2,1-4H3. The third-order valence-corrected chi connectivity index (χ3v) is 3.78. The molecule has 1 aromatic carbocycles. The molecular formula is C16H21FN2OS. The molecule has 1 N–H and O–H groups in total. The molecule has 3 nitrogen and oxygen atoms in total. The van der Waals surface area contributed by atoms with Gasteiger partial charge in [0.1, 0.15) is 23.2 Å². The van der Waals surface area contributed by atoms with Crippen molar-refractivity contribution in [1.29, 1.82) is 0 Å². The molecule has 1 heterocycles. The van der Waals surface area contributed by atoms with Gasteiger partial charge in [0, 0.05) is 17.5 Å². The van der Waals surface area contributed by atoms with Crippen LogP contribution in [0.2, 0.25) is 0 Å². The Labute approximate surface area is 129 Å². The summed E-state index contributed by atoms with van der Waals surface area (Å²) in [6.45, 7) is 9.26. The minimum atomic E-state index is -0.216. The summed E-state index contributed by atoms with van der Waals surface area (Å²) in [7, 11) is 0. The Morgan fingerprint density at radius 1 is 1.33 bits per heavy atom. The number of hydrogen-bond donors (Lipinski definition) is 1. The molecule has 21 heavy (non-hydrogen) atoms. The molecule has 0 aliphatic heterocycles. The zero-order valence-electron chi connectivity index (χ0n) is 12.9. The van der Waals surface area contributed by atoms with E-state index in [0.29, 0.717) is 17.9 Å². The predicted octanol–water partition coefficient (Wildman–Crippen LogP) is 4.06. The zero-order chi connectivity index (χ0) is 15.5. The summed E-state index contributed by atoms with van der Waals surface area (Å²) in [5.74, 6) is 0.447. The van der Waals surface area contributed by atoms with Crippen LogP contribution in [0.4, 0.5) is 4.39 Å². The zero-order valence-corrected chi connectivity index (χ0v) is 13.7. The summed E-state index contributed by atoms with van der Waals surface area (Å²) in [6, 6.07) is 4.75. The fourth-order valence-electron chi connectivity index (χ4n) is 1.70. The van der Waals surface area contributed by atoms with Gasteiger partial charge >= 0.3 is 0 Å². The largest absolute Gasteiger partial charge is 0.487 e. The third-order valence-electron chi connectivity index (χ3n) is 2.89. The highest BCUT2D eigenvalue weighted by Crippen LogP contribution is 2.18. The van der Waals surface area contributed by atoms with Crippen molar-refractivity contribution < 1.29 is 9.13 Å². The molecular weight excluding hydrogens is 287 g/mol. The normalized spacial score (nSPS) is 11.7. The first-order valence-corrected chi connectivity index (χ1v) is 7.79. The van der Waals surface area contributed by atoms with E-state index >= 15 is 0 Å². The van der Waals surface area contributed by atoms with Crippen LogP contribution in [0, 0.1) is 12.7 Å². The molecule has 0 amide bonds. The summed E-state index contributed by atoms with van der Waals surface area (Å²) < 4.78 is 18.8. The van der Waals surface area contributed by atoms with E-state index in [0.717, 1.165) is 17.2 Å². The van der Waals surface area contributed by atoms with Gasteiger partial charge in [-0.3, -0.25) is 0 Å². The second kappa shape index (κ2) is 6.54. The van der Waals surface area contributed by atoms with Crippen molar-refractivity contribution >= 4 is 11.3 Å². The van der Waals surface area contributed by atoms with Crippen molar-refractivity contribution in [2.24, 2.45) is 0 Å². The second-order valence-corrected chi connectivity index (χ2v) is 6.98. The molecule has 2 rings (SSSR count). The van der Waals surface area contributed by atoms with Crippen LogP contribution in [0.15, 0.2) is 23.6 Å². The van der Waals surface area contributed by atoms with E-state index in [9.17, 15) is 4.39 Å². The molecule has 0 bridgehead atoms. The molecule has 5 heteroatoms. The molecule has 114 valence electrons. The van der Waals surface area contributed by atoms with Gasteiger partial charge in [0.2, 0.25) is 0 Å². The number of ether oxygens (including phenoxy) is 1. The average Bonchev–Trinajstić information content (AvgIpc) is 2.85. The van der Waals surface area contributed by atoms with Crippen molar-refractivity contribution in [2.45, 2.75) is 46.4 Å². The molecule has 0 fully saturated rings. The van der Waals surface area contributed by atoms with Crippen molar-refractivity contribution in [3.63, 3.8) is 0 Å². The van der Waals surface area contributed by atoms with Crippen LogP contribution in [0.5, 0.6) is 5.75 Å². The van der Waals surface area contributed by atoms with Crippen LogP contribution >= 0.6 is 11.3 Å². The SMILES string of the molecule is Cc1cc(OCc2csc(CNC(C)(C)C)n2)ccc1F. The molecule has 0 saturated carbocycles. The van der Waals surface area contributed by atoms with E-state index in [2.05, 4.69) is 31.1 Å². The minimum absolute atomic E-state index is 0.0774. The number of halogens is 1. The Morgan fingerprint density at radius 2 is 2.10 bits per heavy atom. The highest BCUT2D eigenvalue weighted by molar-refractivity contribution is 7.09. The van der Waals surface area contributed by atoms with Crippen LogP contribution in [0.3, 0.4) is 0 Å². The lowest BCUT2D eigenvalue weighted by atomic mass is 10.1. The van der Waals surface area contributed by atoms with E-state index in [-0.39, 0.29) is 11.4 Å². The molecule has 0 saturated heterocycles. The van der Waals surface area contributed by atoms with Crippen molar-refractivity contribution in [1.82, 2.24) is 10.3 Å². The maximum Gasteiger partial charge on any atom is 0.131 e. The van der Waals surface area contributed by atoms with Crippen LogP contribution in [-0.4, -0.2) is 10.5 Å². The van der Waals surface area contributed by atoms with Crippen LogP contribution in [0.1, 0.15) is 37.0 Å². The number of aromatic nitrogens is 1. The fraction of sp³-hybridized carbons (Fsp3) is 0.438. The van der Waals surface area contributed by atoms with Gasteiger partial charge in [0.15, 0.2) is 0 Å². The summed E-state index contributed by atoms with van der Waals surface area (Å²) in [5.41, 5.74) is 1.56. The number of rotatable bonds is 5. The lowest BCUT2D eigenvalue weighted by molar-refractivity contribution is 0.301.